The Balaban J connectivity index is 2.43. The Morgan fingerprint density at radius 3 is 2.69 bits per heavy atom. The molecule has 0 saturated heterocycles. The summed E-state index contributed by atoms with van der Waals surface area (Å²) in [6, 6.07) is 9.50. The molecule has 1 N–H and O–H groups in total. The largest absolute Gasteiger partial charge is 0.272 e. The number of hydrogen-bond donors (Lipinski definition) is 1. The highest BCUT2D eigenvalue weighted by Crippen LogP contribution is 2.25. The van der Waals surface area contributed by atoms with E-state index in [9.17, 15) is 4.79 Å². The van der Waals surface area contributed by atoms with Crippen LogP contribution in [-0.4, -0.2) is 10.2 Å². The highest BCUT2D eigenvalue weighted by molar-refractivity contribution is 7.08. The van der Waals surface area contributed by atoms with Gasteiger partial charge in [0.05, 0.1) is 11.1 Å². The summed E-state index contributed by atoms with van der Waals surface area (Å²) in [4.78, 5) is 11.6. The number of rotatable bonds is 1. The van der Waals surface area contributed by atoms with Gasteiger partial charge >= 0.3 is 0 Å². The van der Waals surface area contributed by atoms with E-state index < -0.39 is 0 Å². The fourth-order valence-corrected chi connectivity index (χ4v) is 2.37. The van der Waals surface area contributed by atoms with E-state index in [2.05, 4.69) is 10.2 Å². The van der Waals surface area contributed by atoms with Crippen LogP contribution in [-0.2, 0) is 0 Å². The van der Waals surface area contributed by atoms with Gasteiger partial charge in [-0.05, 0) is 17.5 Å². The van der Waals surface area contributed by atoms with E-state index in [4.69, 9.17) is 0 Å². The van der Waals surface area contributed by atoms with Gasteiger partial charge in [-0.2, -0.15) is 16.4 Å². The fourth-order valence-electron chi connectivity index (χ4n) is 1.73. The molecule has 0 saturated carbocycles. The second-order valence-electron chi connectivity index (χ2n) is 3.46. The minimum Gasteiger partial charge on any atom is -0.267 e. The van der Waals surface area contributed by atoms with E-state index in [0.717, 1.165) is 16.6 Å². The Morgan fingerprint density at radius 1 is 1.12 bits per heavy atom. The Labute approximate surface area is 95.4 Å². The average molecular weight is 228 g/mol. The van der Waals surface area contributed by atoms with Crippen LogP contribution in [0.4, 0.5) is 0 Å². The third kappa shape index (κ3) is 1.35. The molecule has 2 heterocycles. The highest BCUT2D eigenvalue weighted by atomic mass is 32.1. The first kappa shape index (κ1) is 9.30. The van der Waals surface area contributed by atoms with Gasteiger partial charge in [0.25, 0.3) is 5.56 Å². The molecule has 0 aliphatic carbocycles. The molecule has 0 spiro atoms. The van der Waals surface area contributed by atoms with Gasteiger partial charge in [-0.1, -0.05) is 18.2 Å². The van der Waals surface area contributed by atoms with Crippen LogP contribution in [0.3, 0.4) is 0 Å². The predicted molar refractivity (Wildman–Crippen MR) is 65.7 cm³/mol. The topological polar surface area (TPSA) is 45.8 Å². The first-order valence-corrected chi connectivity index (χ1v) is 5.80. The Hall–Kier alpha value is -1.94. The van der Waals surface area contributed by atoms with Gasteiger partial charge in [0.15, 0.2) is 0 Å². The third-order valence-electron chi connectivity index (χ3n) is 2.49. The lowest BCUT2D eigenvalue weighted by atomic mass is 10.1. The second-order valence-corrected chi connectivity index (χ2v) is 4.24. The molecule has 0 radical (unpaired) electrons. The Bertz CT molecular complexity index is 686. The predicted octanol–water partition coefficient (Wildman–Crippen LogP) is 2.65. The number of aromatic nitrogens is 2. The van der Waals surface area contributed by atoms with Gasteiger partial charge in [0.2, 0.25) is 0 Å². The zero-order valence-electron chi connectivity index (χ0n) is 8.31. The normalized spacial score (nSPS) is 10.8. The fraction of sp³-hybridized carbons (Fsp3) is 0. The third-order valence-corrected chi connectivity index (χ3v) is 3.17. The summed E-state index contributed by atoms with van der Waals surface area (Å²) < 4.78 is 0. The maximum Gasteiger partial charge on any atom is 0.272 e. The number of benzene rings is 1. The molecule has 16 heavy (non-hydrogen) atoms. The lowest BCUT2D eigenvalue weighted by Crippen LogP contribution is -2.08. The molecular weight excluding hydrogens is 220 g/mol. The first-order chi connectivity index (χ1) is 7.86. The minimum atomic E-state index is -0.144. The SMILES string of the molecule is O=c1[nH]nc(-c2ccsc2)c2ccccc12. The molecule has 3 rings (SSSR count). The van der Waals surface area contributed by atoms with Crippen LogP contribution in [0.5, 0.6) is 0 Å². The van der Waals surface area contributed by atoms with Crippen LogP contribution in [0.25, 0.3) is 22.0 Å². The van der Waals surface area contributed by atoms with Gasteiger partial charge in [-0.15, -0.1) is 0 Å². The van der Waals surface area contributed by atoms with E-state index in [1.807, 2.05) is 41.1 Å². The van der Waals surface area contributed by atoms with Crippen molar-refractivity contribution in [2.45, 2.75) is 0 Å². The molecule has 3 aromatic rings. The lowest BCUT2D eigenvalue weighted by Gasteiger charge is -2.01. The number of aromatic amines is 1. The zero-order chi connectivity index (χ0) is 11.0. The van der Waals surface area contributed by atoms with E-state index in [0.29, 0.717) is 5.39 Å². The maximum absolute atomic E-state index is 11.6. The van der Waals surface area contributed by atoms with E-state index >= 15 is 0 Å². The minimum absolute atomic E-state index is 0.144. The second kappa shape index (κ2) is 3.57. The molecule has 0 aliphatic rings. The number of hydrogen-bond acceptors (Lipinski definition) is 3. The maximum atomic E-state index is 11.6. The van der Waals surface area contributed by atoms with Gasteiger partial charge in [0.1, 0.15) is 0 Å². The van der Waals surface area contributed by atoms with Crippen LogP contribution >= 0.6 is 11.3 Å². The molecular formula is C12H8N2OS. The molecule has 4 heteroatoms. The van der Waals surface area contributed by atoms with Crippen molar-refractivity contribution in [1.29, 1.82) is 0 Å². The summed E-state index contributed by atoms with van der Waals surface area (Å²) in [5, 5.41) is 12.2. The van der Waals surface area contributed by atoms with Crippen molar-refractivity contribution < 1.29 is 0 Å². The van der Waals surface area contributed by atoms with Crippen LogP contribution in [0, 0.1) is 0 Å². The van der Waals surface area contributed by atoms with Crippen molar-refractivity contribution in [2.24, 2.45) is 0 Å². The van der Waals surface area contributed by atoms with Crippen molar-refractivity contribution in [2.75, 3.05) is 0 Å². The summed E-state index contributed by atoms with van der Waals surface area (Å²) in [6.45, 7) is 0. The molecule has 3 nitrogen and oxygen atoms in total. The molecule has 0 unspecified atom stereocenters. The molecule has 0 atom stereocenters. The summed E-state index contributed by atoms with van der Waals surface area (Å²) in [7, 11) is 0. The molecule has 2 aromatic heterocycles. The zero-order valence-corrected chi connectivity index (χ0v) is 9.12. The monoisotopic (exact) mass is 228 g/mol. The number of H-pyrrole nitrogens is 1. The van der Waals surface area contributed by atoms with Gasteiger partial charge in [-0.25, -0.2) is 5.10 Å². The molecule has 0 amide bonds. The highest BCUT2D eigenvalue weighted by Gasteiger charge is 2.07. The van der Waals surface area contributed by atoms with Crippen LogP contribution in [0.15, 0.2) is 45.9 Å². The van der Waals surface area contributed by atoms with Crippen molar-refractivity contribution in [3.05, 3.63) is 51.4 Å². The van der Waals surface area contributed by atoms with E-state index in [-0.39, 0.29) is 5.56 Å². The number of nitrogens with one attached hydrogen (secondary N) is 1. The summed E-state index contributed by atoms with van der Waals surface area (Å²) in [5.74, 6) is 0. The van der Waals surface area contributed by atoms with Gasteiger partial charge < -0.3 is 0 Å². The molecule has 1 aromatic carbocycles. The standard InChI is InChI=1S/C12H8N2OS/c15-12-10-4-2-1-3-9(10)11(13-14-12)8-5-6-16-7-8/h1-7H,(H,14,15). The summed E-state index contributed by atoms with van der Waals surface area (Å²) >= 11 is 1.62. The van der Waals surface area contributed by atoms with Crippen molar-refractivity contribution in [1.82, 2.24) is 10.2 Å². The Kier molecular flexibility index (Phi) is 2.08. The quantitative estimate of drug-likeness (QED) is 0.696. The first-order valence-electron chi connectivity index (χ1n) is 4.86. The van der Waals surface area contributed by atoms with Gasteiger partial charge in [-0.3, -0.25) is 4.79 Å². The van der Waals surface area contributed by atoms with Crippen LogP contribution in [0.1, 0.15) is 0 Å². The molecule has 78 valence electrons. The van der Waals surface area contributed by atoms with Crippen LogP contribution < -0.4 is 5.56 Å². The van der Waals surface area contributed by atoms with Crippen LogP contribution in [0.2, 0.25) is 0 Å². The number of nitrogens with zero attached hydrogens (tertiary/aromatic N) is 1. The van der Waals surface area contributed by atoms with Crippen molar-refractivity contribution in [3.63, 3.8) is 0 Å². The number of fused-ring (bicyclic) bond motifs is 1. The lowest BCUT2D eigenvalue weighted by molar-refractivity contribution is 1.02. The molecule has 0 fully saturated rings. The van der Waals surface area contributed by atoms with E-state index in [1.54, 1.807) is 11.3 Å². The summed E-state index contributed by atoms with van der Waals surface area (Å²) in [6.07, 6.45) is 0. The molecule has 0 bridgehead atoms. The van der Waals surface area contributed by atoms with E-state index in [1.165, 1.54) is 0 Å². The smallest absolute Gasteiger partial charge is 0.267 e. The van der Waals surface area contributed by atoms with Crippen molar-refractivity contribution >= 4 is 22.1 Å². The average Bonchev–Trinajstić information content (AvgIpc) is 2.83. The summed E-state index contributed by atoms with van der Waals surface area (Å²) in [5.41, 5.74) is 1.73. The van der Waals surface area contributed by atoms with Crippen molar-refractivity contribution in [3.8, 4) is 11.3 Å². The Morgan fingerprint density at radius 2 is 1.94 bits per heavy atom. The van der Waals surface area contributed by atoms with Gasteiger partial charge in [0, 0.05) is 16.3 Å². The number of thiophene rings is 1. The molecule has 0 aliphatic heterocycles.